The standard InChI is InChI=1S/C18H19N3OS2/c22-17(18(23)21-9-11-24-12-10-21)20-16-3-1-14(2-4-16)13-15-5-7-19-8-6-15/h1-8H,9-13H2,(H,20,22). The van der Waals surface area contributed by atoms with Crippen LogP contribution in [0.2, 0.25) is 0 Å². The van der Waals surface area contributed by atoms with Gasteiger partial charge < -0.3 is 10.2 Å². The van der Waals surface area contributed by atoms with Crippen molar-refractivity contribution in [2.45, 2.75) is 6.42 Å². The predicted octanol–water partition coefficient (Wildman–Crippen LogP) is 2.99. The second kappa shape index (κ2) is 8.26. The van der Waals surface area contributed by atoms with E-state index in [2.05, 4.69) is 10.3 Å². The lowest BCUT2D eigenvalue weighted by atomic mass is 10.1. The number of pyridine rings is 1. The molecule has 0 unspecified atom stereocenters. The number of benzene rings is 1. The first kappa shape index (κ1) is 16.9. The summed E-state index contributed by atoms with van der Waals surface area (Å²) in [6.45, 7) is 1.70. The van der Waals surface area contributed by atoms with Gasteiger partial charge in [0.25, 0.3) is 5.91 Å². The van der Waals surface area contributed by atoms with E-state index in [0.29, 0.717) is 4.99 Å². The van der Waals surface area contributed by atoms with Crippen molar-refractivity contribution >= 4 is 40.6 Å². The largest absolute Gasteiger partial charge is 0.357 e. The molecule has 24 heavy (non-hydrogen) atoms. The van der Waals surface area contributed by atoms with Gasteiger partial charge in [-0.15, -0.1) is 0 Å². The molecule has 1 amide bonds. The van der Waals surface area contributed by atoms with Crippen molar-refractivity contribution in [3.8, 4) is 0 Å². The van der Waals surface area contributed by atoms with Crippen LogP contribution >= 0.6 is 24.0 Å². The smallest absolute Gasteiger partial charge is 0.283 e. The number of carbonyl (C=O) groups is 1. The zero-order chi connectivity index (χ0) is 16.8. The molecular weight excluding hydrogens is 338 g/mol. The van der Waals surface area contributed by atoms with E-state index in [1.807, 2.05) is 53.1 Å². The van der Waals surface area contributed by atoms with E-state index in [4.69, 9.17) is 12.2 Å². The first-order valence-electron chi connectivity index (χ1n) is 7.88. The molecule has 1 N–H and O–H groups in total. The van der Waals surface area contributed by atoms with Gasteiger partial charge in [0.15, 0.2) is 4.99 Å². The molecule has 2 aromatic rings. The number of rotatable bonds is 3. The van der Waals surface area contributed by atoms with E-state index >= 15 is 0 Å². The van der Waals surface area contributed by atoms with Crippen molar-refractivity contribution in [3.05, 3.63) is 59.9 Å². The quantitative estimate of drug-likeness (QED) is 0.856. The summed E-state index contributed by atoms with van der Waals surface area (Å²) < 4.78 is 0. The second-order valence-corrected chi connectivity index (χ2v) is 7.20. The Morgan fingerprint density at radius 2 is 1.71 bits per heavy atom. The maximum absolute atomic E-state index is 12.3. The molecule has 6 heteroatoms. The summed E-state index contributed by atoms with van der Waals surface area (Å²) in [6, 6.07) is 11.9. The van der Waals surface area contributed by atoms with Crippen LogP contribution in [0.25, 0.3) is 0 Å². The Balaban J connectivity index is 1.57. The van der Waals surface area contributed by atoms with Gasteiger partial charge in [0.1, 0.15) is 0 Å². The van der Waals surface area contributed by atoms with Gasteiger partial charge in [-0.1, -0.05) is 24.4 Å². The van der Waals surface area contributed by atoms with Gasteiger partial charge in [0, 0.05) is 42.7 Å². The Kier molecular flexibility index (Phi) is 5.82. The molecule has 1 aliphatic heterocycles. The molecule has 1 aromatic carbocycles. The lowest BCUT2D eigenvalue weighted by molar-refractivity contribution is -0.110. The number of thioether (sulfide) groups is 1. The lowest BCUT2D eigenvalue weighted by Crippen LogP contribution is -2.42. The average Bonchev–Trinajstić information content (AvgIpc) is 2.64. The molecule has 3 rings (SSSR count). The zero-order valence-electron chi connectivity index (χ0n) is 13.3. The van der Waals surface area contributed by atoms with Crippen LogP contribution in [0.4, 0.5) is 5.69 Å². The number of nitrogens with zero attached hydrogens (tertiary/aromatic N) is 2. The molecule has 4 nitrogen and oxygen atoms in total. The first-order chi connectivity index (χ1) is 11.7. The molecular formula is C18H19N3OS2. The van der Waals surface area contributed by atoms with Crippen LogP contribution in [-0.4, -0.2) is 45.4 Å². The van der Waals surface area contributed by atoms with Gasteiger partial charge in [-0.25, -0.2) is 0 Å². The molecule has 0 saturated carbocycles. The summed E-state index contributed by atoms with van der Waals surface area (Å²) in [5, 5.41) is 2.89. The van der Waals surface area contributed by atoms with Crippen molar-refractivity contribution < 1.29 is 4.79 Å². The molecule has 0 atom stereocenters. The SMILES string of the molecule is O=C(Nc1ccc(Cc2ccncc2)cc1)C(=S)N1CCSCC1. The Morgan fingerprint density at radius 1 is 1.08 bits per heavy atom. The molecule has 1 aromatic heterocycles. The fraction of sp³-hybridized carbons (Fsp3) is 0.278. The summed E-state index contributed by atoms with van der Waals surface area (Å²) in [5.41, 5.74) is 3.17. The minimum absolute atomic E-state index is 0.196. The van der Waals surface area contributed by atoms with Crippen LogP contribution in [0, 0.1) is 0 Å². The van der Waals surface area contributed by atoms with Crippen molar-refractivity contribution in [1.29, 1.82) is 0 Å². The van der Waals surface area contributed by atoms with Crippen LogP contribution < -0.4 is 5.32 Å². The lowest BCUT2D eigenvalue weighted by Gasteiger charge is -2.27. The number of carbonyl (C=O) groups excluding carboxylic acids is 1. The van der Waals surface area contributed by atoms with Gasteiger partial charge in [0.05, 0.1) is 0 Å². The Morgan fingerprint density at radius 3 is 2.38 bits per heavy atom. The predicted molar refractivity (Wildman–Crippen MR) is 104 cm³/mol. The third kappa shape index (κ3) is 4.55. The maximum Gasteiger partial charge on any atom is 0.283 e. The summed E-state index contributed by atoms with van der Waals surface area (Å²) >= 11 is 7.20. The molecule has 0 spiro atoms. The zero-order valence-corrected chi connectivity index (χ0v) is 14.9. The van der Waals surface area contributed by atoms with Gasteiger partial charge >= 0.3 is 0 Å². The molecule has 2 heterocycles. The topological polar surface area (TPSA) is 45.2 Å². The Hall–Kier alpha value is -1.92. The van der Waals surface area contributed by atoms with Gasteiger partial charge in [-0.3, -0.25) is 9.78 Å². The van der Waals surface area contributed by atoms with Crippen LogP contribution in [-0.2, 0) is 11.2 Å². The van der Waals surface area contributed by atoms with E-state index in [1.54, 1.807) is 12.4 Å². The van der Waals surface area contributed by atoms with E-state index in [0.717, 1.165) is 36.7 Å². The monoisotopic (exact) mass is 357 g/mol. The van der Waals surface area contributed by atoms with Gasteiger partial charge in [0.2, 0.25) is 0 Å². The third-order valence-corrected chi connectivity index (χ3v) is 5.25. The maximum atomic E-state index is 12.3. The number of hydrogen-bond donors (Lipinski definition) is 1. The molecule has 0 radical (unpaired) electrons. The first-order valence-corrected chi connectivity index (χ1v) is 9.44. The van der Waals surface area contributed by atoms with Crippen LogP contribution in [0.3, 0.4) is 0 Å². The highest BCUT2D eigenvalue weighted by atomic mass is 32.2. The molecule has 1 aliphatic rings. The molecule has 124 valence electrons. The number of hydrogen-bond acceptors (Lipinski definition) is 4. The molecule has 0 aliphatic carbocycles. The van der Waals surface area contributed by atoms with E-state index in [1.165, 1.54) is 11.1 Å². The highest BCUT2D eigenvalue weighted by Crippen LogP contribution is 2.15. The number of amides is 1. The third-order valence-electron chi connectivity index (χ3n) is 3.86. The van der Waals surface area contributed by atoms with Crippen molar-refractivity contribution in [2.24, 2.45) is 0 Å². The van der Waals surface area contributed by atoms with Gasteiger partial charge in [-0.2, -0.15) is 11.8 Å². The molecule has 1 saturated heterocycles. The molecule has 1 fully saturated rings. The number of nitrogens with one attached hydrogen (secondary N) is 1. The van der Waals surface area contributed by atoms with E-state index < -0.39 is 0 Å². The van der Waals surface area contributed by atoms with Crippen LogP contribution in [0.5, 0.6) is 0 Å². The summed E-state index contributed by atoms with van der Waals surface area (Å²) in [7, 11) is 0. The number of thiocarbonyl (C=S) groups is 1. The highest BCUT2D eigenvalue weighted by Gasteiger charge is 2.19. The Bertz CT molecular complexity index is 698. The van der Waals surface area contributed by atoms with E-state index in [-0.39, 0.29) is 5.91 Å². The fourth-order valence-electron chi connectivity index (χ4n) is 2.54. The molecule has 0 bridgehead atoms. The van der Waals surface area contributed by atoms with Crippen molar-refractivity contribution in [2.75, 3.05) is 29.9 Å². The second-order valence-electron chi connectivity index (χ2n) is 5.59. The minimum atomic E-state index is -0.196. The summed E-state index contributed by atoms with van der Waals surface area (Å²) in [5.74, 6) is 1.85. The average molecular weight is 358 g/mol. The van der Waals surface area contributed by atoms with E-state index in [9.17, 15) is 4.79 Å². The summed E-state index contributed by atoms with van der Waals surface area (Å²) in [4.78, 5) is 18.7. The van der Waals surface area contributed by atoms with Gasteiger partial charge in [-0.05, 0) is 41.8 Å². The van der Waals surface area contributed by atoms with Crippen molar-refractivity contribution in [1.82, 2.24) is 9.88 Å². The Labute approximate surface area is 151 Å². The number of anilines is 1. The van der Waals surface area contributed by atoms with Crippen LogP contribution in [0.1, 0.15) is 11.1 Å². The minimum Gasteiger partial charge on any atom is -0.357 e. The normalized spacial score (nSPS) is 14.2. The van der Waals surface area contributed by atoms with Crippen molar-refractivity contribution in [3.63, 3.8) is 0 Å². The highest BCUT2D eigenvalue weighted by molar-refractivity contribution is 7.99. The number of aromatic nitrogens is 1. The van der Waals surface area contributed by atoms with Crippen LogP contribution in [0.15, 0.2) is 48.8 Å². The summed E-state index contributed by atoms with van der Waals surface area (Å²) in [6.07, 6.45) is 4.44. The fourth-order valence-corrected chi connectivity index (χ4v) is 3.67.